The fraction of sp³-hybridized carbons (Fsp3) is 0.182. The van der Waals surface area contributed by atoms with E-state index in [4.69, 9.17) is 15.0 Å². The second-order valence-electron chi connectivity index (χ2n) is 3.65. The Morgan fingerprint density at radius 3 is 2.47 bits per heavy atom. The molecule has 0 radical (unpaired) electrons. The van der Waals surface area contributed by atoms with Gasteiger partial charge in [-0.3, -0.25) is 0 Å². The van der Waals surface area contributed by atoms with Crippen LogP contribution in [0.4, 0.5) is 19.0 Å². The number of methoxy groups -OCH3 is 1. The van der Waals surface area contributed by atoms with Gasteiger partial charge < -0.3 is 15.0 Å². The van der Waals surface area contributed by atoms with E-state index in [9.17, 15) is 13.2 Å². The molecule has 4 nitrogen and oxygen atoms in total. The minimum atomic E-state index is -4.46. The summed E-state index contributed by atoms with van der Waals surface area (Å²) in [6.45, 7) is 0. The van der Waals surface area contributed by atoms with Crippen LogP contribution >= 0.6 is 15.9 Å². The maximum Gasteiger partial charge on any atom is 0.416 e. The maximum atomic E-state index is 12.7. The summed E-state index contributed by atoms with van der Waals surface area (Å²) in [5.74, 6) is 0.358. The first-order valence-corrected chi connectivity index (χ1v) is 5.79. The van der Waals surface area contributed by atoms with Crippen LogP contribution in [0.15, 0.2) is 27.2 Å². The lowest BCUT2D eigenvalue weighted by molar-refractivity contribution is -0.137. The van der Waals surface area contributed by atoms with E-state index in [-0.39, 0.29) is 21.8 Å². The third kappa shape index (κ3) is 2.67. The highest BCUT2D eigenvalue weighted by Crippen LogP contribution is 2.42. The average molecular weight is 337 g/mol. The molecule has 0 saturated heterocycles. The molecule has 1 aromatic carbocycles. The fourth-order valence-electron chi connectivity index (χ4n) is 1.55. The Kier molecular flexibility index (Phi) is 3.44. The molecule has 0 aliphatic carbocycles. The summed E-state index contributed by atoms with van der Waals surface area (Å²) in [7, 11) is 1.27. The molecule has 0 atom stereocenters. The van der Waals surface area contributed by atoms with Crippen molar-refractivity contribution in [1.29, 1.82) is 0 Å². The standard InChI is InChI=1S/C11H8BrF3N2O2/c1-18-7-3-5(11(13,14)15)2-6(12)10(7)8-4-9(16)17-19-8/h2-4H,1H3,(H2,16,17). The van der Waals surface area contributed by atoms with E-state index >= 15 is 0 Å². The summed E-state index contributed by atoms with van der Waals surface area (Å²) in [6, 6.07) is 3.23. The normalized spacial score (nSPS) is 11.6. The number of nitrogens with two attached hydrogens (primary N) is 1. The van der Waals surface area contributed by atoms with E-state index in [1.165, 1.54) is 13.2 Å². The SMILES string of the molecule is COc1cc(C(F)(F)F)cc(Br)c1-c1cc(N)no1. The molecule has 0 saturated carbocycles. The predicted octanol–water partition coefficient (Wildman–Crippen LogP) is 3.71. The first-order chi connectivity index (χ1) is 8.82. The van der Waals surface area contributed by atoms with Gasteiger partial charge in [-0.2, -0.15) is 13.2 Å². The molecule has 0 amide bonds. The summed E-state index contributed by atoms with van der Waals surface area (Å²) in [5, 5.41) is 3.48. The smallest absolute Gasteiger partial charge is 0.416 e. The number of benzene rings is 1. The van der Waals surface area contributed by atoms with Gasteiger partial charge in [-0.05, 0) is 28.1 Å². The van der Waals surface area contributed by atoms with Gasteiger partial charge in [-0.25, -0.2) is 0 Å². The van der Waals surface area contributed by atoms with Crippen LogP contribution in [0, 0.1) is 0 Å². The van der Waals surface area contributed by atoms with Crippen molar-refractivity contribution < 1.29 is 22.4 Å². The Morgan fingerprint density at radius 2 is 2.00 bits per heavy atom. The van der Waals surface area contributed by atoms with E-state index in [2.05, 4.69) is 21.1 Å². The van der Waals surface area contributed by atoms with Crippen molar-refractivity contribution >= 4 is 21.7 Å². The molecular weight excluding hydrogens is 329 g/mol. The Balaban J connectivity index is 2.62. The lowest BCUT2D eigenvalue weighted by Gasteiger charge is -2.13. The van der Waals surface area contributed by atoms with E-state index in [0.29, 0.717) is 5.56 Å². The lowest BCUT2D eigenvalue weighted by atomic mass is 10.1. The average Bonchev–Trinajstić information content (AvgIpc) is 2.73. The van der Waals surface area contributed by atoms with Crippen molar-refractivity contribution in [3.05, 3.63) is 28.2 Å². The number of nitrogens with zero attached hydrogens (tertiary/aromatic N) is 1. The number of nitrogen functional groups attached to an aromatic ring is 1. The molecular formula is C11H8BrF3N2O2. The number of ether oxygens (including phenoxy) is 1. The molecule has 19 heavy (non-hydrogen) atoms. The van der Waals surface area contributed by atoms with Crippen molar-refractivity contribution in [1.82, 2.24) is 5.16 Å². The van der Waals surface area contributed by atoms with Gasteiger partial charge >= 0.3 is 6.18 Å². The molecule has 0 aliphatic heterocycles. The van der Waals surface area contributed by atoms with Gasteiger partial charge in [-0.15, -0.1) is 0 Å². The molecule has 0 unspecified atom stereocenters. The molecule has 0 bridgehead atoms. The number of alkyl halides is 3. The van der Waals surface area contributed by atoms with Crippen molar-refractivity contribution in [2.45, 2.75) is 6.18 Å². The van der Waals surface area contributed by atoms with E-state index < -0.39 is 11.7 Å². The Labute approximate surface area is 114 Å². The van der Waals surface area contributed by atoms with E-state index in [1.807, 2.05) is 0 Å². The quantitative estimate of drug-likeness (QED) is 0.907. The third-order valence-electron chi connectivity index (χ3n) is 2.38. The summed E-state index contributed by atoms with van der Waals surface area (Å²) >= 11 is 3.07. The van der Waals surface area contributed by atoms with Crippen LogP contribution in [0.3, 0.4) is 0 Å². The first-order valence-electron chi connectivity index (χ1n) is 5.00. The predicted molar refractivity (Wildman–Crippen MR) is 65.6 cm³/mol. The summed E-state index contributed by atoms with van der Waals surface area (Å²) in [6.07, 6.45) is -4.46. The van der Waals surface area contributed by atoms with Gasteiger partial charge in [-0.1, -0.05) is 5.16 Å². The Hall–Kier alpha value is -1.70. The van der Waals surface area contributed by atoms with Crippen molar-refractivity contribution in [3.63, 3.8) is 0 Å². The van der Waals surface area contributed by atoms with Gasteiger partial charge in [0.2, 0.25) is 0 Å². The van der Waals surface area contributed by atoms with Gasteiger partial charge in [0.05, 0.1) is 18.2 Å². The third-order valence-corrected chi connectivity index (χ3v) is 3.00. The number of anilines is 1. The molecule has 2 N–H and O–H groups in total. The minimum Gasteiger partial charge on any atom is -0.496 e. The number of aromatic nitrogens is 1. The van der Waals surface area contributed by atoms with Crippen LogP contribution in [0.1, 0.15) is 5.56 Å². The summed E-state index contributed by atoms with van der Waals surface area (Å²) < 4.78 is 48.1. The number of hydrogen-bond donors (Lipinski definition) is 1. The van der Waals surface area contributed by atoms with Crippen LogP contribution in [-0.4, -0.2) is 12.3 Å². The maximum absolute atomic E-state index is 12.7. The van der Waals surface area contributed by atoms with Gasteiger partial charge in [0.1, 0.15) is 5.75 Å². The van der Waals surface area contributed by atoms with Crippen LogP contribution < -0.4 is 10.5 Å². The highest BCUT2D eigenvalue weighted by molar-refractivity contribution is 9.10. The zero-order valence-corrected chi connectivity index (χ0v) is 11.2. The highest BCUT2D eigenvalue weighted by Gasteiger charge is 2.33. The fourth-order valence-corrected chi connectivity index (χ4v) is 2.19. The molecule has 8 heteroatoms. The molecule has 0 spiro atoms. The van der Waals surface area contributed by atoms with Gasteiger partial charge in [0.25, 0.3) is 0 Å². The first kappa shape index (κ1) is 13.7. The van der Waals surface area contributed by atoms with Crippen LogP contribution in [0.5, 0.6) is 5.75 Å². The topological polar surface area (TPSA) is 61.3 Å². The molecule has 2 aromatic rings. The molecule has 0 fully saturated rings. The molecule has 0 aliphatic rings. The molecule has 1 aromatic heterocycles. The lowest BCUT2D eigenvalue weighted by Crippen LogP contribution is -2.06. The number of hydrogen-bond acceptors (Lipinski definition) is 4. The number of halogens is 4. The molecule has 1 heterocycles. The van der Waals surface area contributed by atoms with Crippen molar-refractivity contribution in [2.75, 3.05) is 12.8 Å². The zero-order chi connectivity index (χ0) is 14.2. The van der Waals surface area contributed by atoms with Gasteiger partial charge in [0, 0.05) is 10.5 Å². The Bertz CT molecular complexity index is 610. The van der Waals surface area contributed by atoms with Crippen LogP contribution in [0.25, 0.3) is 11.3 Å². The highest BCUT2D eigenvalue weighted by atomic mass is 79.9. The molecule has 102 valence electrons. The van der Waals surface area contributed by atoms with E-state index in [1.54, 1.807) is 0 Å². The van der Waals surface area contributed by atoms with Crippen molar-refractivity contribution in [3.8, 4) is 17.1 Å². The van der Waals surface area contributed by atoms with Gasteiger partial charge in [0.15, 0.2) is 11.6 Å². The summed E-state index contributed by atoms with van der Waals surface area (Å²) in [5.41, 5.74) is 4.91. The van der Waals surface area contributed by atoms with Crippen LogP contribution in [-0.2, 0) is 6.18 Å². The van der Waals surface area contributed by atoms with Crippen molar-refractivity contribution in [2.24, 2.45) is 0 Å². The second-order valence-corrected chi connectivity index (χ2v) is 4.50. The Morgan fingerprint density at radius 1 is 1.32 bits per heavy atom. The monoisotopic (exact) mass is 336 g/mol. The molecule has 2 rings (SSSR count). The summed E-state index contributed by atoms with van der Waals surface area (Å²) in [4.78, 5) is 0. The zero-order valence-electron chi connectivity index (χ0n) is 9.58. The largest absolute Gasteiger partial charge is 0.496 e. The second kappa shape index (κ2) is 4.76. The van der Waals surface area contributed by atoms with Crippen LogP contribution in [0.2, 0.25) is 0 Å². The van der Waals surface area contributed by atoms with E-state index in [0.717, 1.165) is 12.1 Å². The number of rotatable bonds is 2. The minimum absolute atomic E-state index is 0.0119.